The van der Waals surface area contributed by atoms with E-state index in [0.717, 1.165) is 16.6 Å². The molecule has 0 N–H and O–H groups in total. The number of aryl methyl sites for hydroxylation is 2. The molecule has 0 aliphatic heterocycles. The lowest BCUT2D eigenvalue weighted by molar-refractivity contribution is 0.0601. The van der Waals surface area contributed by atoms with Crippen LogP contribution >= 0.6 is 0 Å². The summed E-state index contributed by atoms with van der Waals surface area (Å²) in [6, 6.07) is 3.69. The maximum atomic E-state index is 11.7. The highest BCUT2D eigenvalue weighted by Gasteiger charge is 2.16. The first-order valence-corrected chi connectivity index (χ1v) is 5.62. The summed E-state index contributed by atoms with van der Waals surface area (Å²) in [5, 5.41) is 4.26. The predicted octanol–water partition coefficient (Wildman–Crippen LogP) is 3.58. The number of carbonyl (C=O) groups is 1. The van der Waals surface area contributed by atoms with Gasteiger partial charge in [0.25, 0.3) is 0 Å². The molecule has 1 aromatic heterocycles. The molecular weight excluding hydrogens is 244 g/mol. The van der Waals surface area contributed by atoms with Crippen molar-refractivity contribution in [2.45, 2.75) is 13.8 Å². The molecule has 0 unspecified atom stereocenters. The van der Waals surface area contributed by atoms with Crippen molar-refractivity contribution in [2.75, 3.05) is 7.11 Å². The zero-order chi connectivity index (χ0) is 14.0. The molecule has 96 valence electrons. The van der Waals surface area contributed by atoms with Gasteiger partial charge >= 0.3 is 5.97 Å². The number of methoxy groups -OCH3 is 1. The number of hydrogen-bond donors (Lipinski definition) is 0. The molecule has 2 aromatic rings. The summed E-state index contributed by atoms with van der Waals surface area (Å²) in [5.41, 5.74) is 11.9. The quantitative estimate of drug-likeness (QED) is 0.356. The molecule has 6 nitrogen and oxygen atoms in total. The number of aromatic nitrogens is 1. The number of fused-ring (bicyclic) bond motifs is 1. The van der Waals surface area contributed by atoms with Gasteiger partial charge in [-0.25, -0.2) is 4.79 Å². The van der Waals surface area contributed by atoms with E-state index in [-0.39, 0.29) is 11.3 Å². The lowest BCUT2D eigenvalue weighted by Crippen LogP contribution is -2.03. The molecule has 2 rings (SSSR count). The smallest absolute Gasteiger partial charge is 0.339 e. The van der Waals surface area contributed by atoms with Gasteiger partial charge in [-0.15, -0.1) is 0 Å². The van der Waals surface area contributed by atoms with Crippen molar-refractivity contribution < 1.29 is 9.53 Å². The topological polar surface area (TPSA) is 88.0 Å². The highest BCUT2D eigenvalue weighted by Crippen LogP contribution is 2.32. The Kier molecular flexibility index (Phi) is 3.35. The first-order chi connectivity index (χ1) is 9.10. The molecule has 0 radical (unpaired) electrons. The molecule has 0 amide bonds. The second-order valence-electron chi connectivity index (χ2n) is 4.11. The number of carbonyl (C=O) groups excluding carboxylic acids is 1. The normalized spacial score (nSPS) is 10.1. The van der Waals surface area contributed by atoms with E-state index in [1.54, 1.807) is 6.07 Å². The summed E-state index contributed by atoms with van der Waals surface area (Å²) in [6.45, 7) is 3.90. The summed E-state index contributed by atoms with van der Waals surface area (Å²) in [6.07, 6.45) is 1.38. The van der Waals surface area contributed by atoms with Gasteiger partial charge in [-0.2, -0.15) is 0 Å². The minimum Gasteiger partial charge on any atom is -0.465 e. The molecule has 19 heavy (non-hydrogen) atoms. The molecule has 0 aliphatic carbocycles. The highest BCUT2D eigenvalue weighted by atomic mass is 16.5. The standard InChI is InChI=1S/C13H12N4O2/c1-7-4-5-9-11(8(7)2)15-6-10(13(18)19-3)12(9)16-17-14/h4-6H,1-3H3. The van der Waals surface area contributed by atoms with Gasteiger partial charge in [-0.1, -0.05) is 17.2 Å². The van der Waals surface area contributed by atoms with E-state index in [0.29, 0.717) is 5.39 Å². The lowest BCUT2D eigenvalue weighted by atomic mass is 10.0. The summed E-state index contributed by atoms with van der Waals surface area (Å²) in [7, 11) is 1.27. The van der Waals surface area contributed by atoms with Gasteiger partial charge in [0.2, 0.25) is 0 Å². The monoisotopic (exact) mass is 256 g/mol. The number of hydrogen-bond acceptors (Lipinski definition) is 4. The van der Waals surface area contributed by atoms with E-state index in [1.807, 2.05) is 19.9 Å². The van der Waals surface area contributed by atoms with E-state index < -0.39 is 5.97 Å². The van der Waals surface area contributed by atoms with Crippen LogP contribution in [0.15, 0.2) is 23.4 Å². The van der Waals surface area contributed by atoms with Crippen LogP contribution in [-0.2, 0) is 4.74 Å². The zero-order valence-electron chi connectivity index (χ0n) is 10.8. The first-order valence-electron chi connectivity index (χ1n) is 5.62. The highest BCUT2D eigenvalue weighted by molar-refractivity contribution is 6.04. The van der Waals surface area contributed by atoms with Crippen molar-refractivity contribution in [2.24, 2.45) is 5.11 Å². The van der Waals surface area contributed by atoms with Crippen LogP contribution in [0.2, 0.25) is 0 Å². The number of nitrogens with zero attached hydrogens (tertiary/aromatic N) is 4. The third kappa shape index (κ3) is 2.09. The van der Waals surface area contributed by atoms with Crippen LogP contribution in [0.25, 0.3) is 21.3 Å². The van der Waals surface area contributed by atoms with Crippen molar-refractivity contribution in [3.8, 4) is 0 Å². The Morgan fingerprint density at radius 2 is 2.16 bits per heavy atom. The summed E-state index contributed by atoms with van der Waals surface area (Å²) in [4.78, 5) is 18.7. The van der Waals surface area contributed by atoms with Gasteiger partial charge in [0.1, 0.15) is 0 Å². The van der Waals surface area contributed by atoms with Gasteiger partial charge in [-0.3, -0.25) is 4.98 Å². The minimum atomic E-state index is -0.574. The molecule has 0 aliphatic rings. The van der Waals surface area contributed by atoms with E-state index in [1.165, 1.54) is 13.3 Å². The molecule has 6 heteroatoms. The molecule has 1 heterocycles. The van der Waals surface area contributed by atoms with E-state index in [9.17, 15) is 4.79 Å². The molecule has 0 spiro atoms. The number of pyridine rings is 1. The summed E-state index contributed by atoms with van der Waals surface area (Å²) >= 11 is 0. The Labute approximate surface area is 109 Å². The fourth-order valence-electron chi connectivity index (χ4n) is 1.91. The van der Waals surface area contributed by atoms with Crippen LogP contribution in [0, 0.1) is 13.8 Å². The Morgan fingerprint density at radius 3 is 2.79 bits per heavy atom. The predicted molar refractivity (Wildman–Crippen MR) is 71.4 cm³/mol. The molecule has 0 saturated heterocycles. The Hall–Kier alpha value is -2.59. The van der Waals surface area contributed by atoms with Gasteiger partial charge in [0.15, 0.2) is 0 Å². The van der Waals surface area contributed by atoms with Crippen LogP contribution in [0.5, 0.6) is 0 Å². The van der Waals surface area contributed by atoms with Gasteiger partial charge < -0.3 is 4.74 Å². The van der Waals surface area contributed by atoms with Gasteiger partial charge in [0.05, 0.1) is 23.9 Å². The fourth-order valence-corrected chi connectivity index (χ4v) is 1.91. The fraction of sp³-hybridized carbons (Fsp3) is 0.231. The zero-order valence-corrected chi connectivity index (χ0v) is 10.8. The maximum Gasteiger partial charge on any atom is 0.339 e. The van der Waals surface area contributed by atoms with Crippen molar-refractivity contribution in [3.63, 3.8) is 0 Å². The van der Waals surface area contributed by atoms with E-state index >= 15 is 0 Å². The Balaban J connectivity index is 2.89. The van der Waals surface area contributed by atoms with Gasteiger partial charge in [0, 0.05) is 16.5 Å². The second kappa shape index (κ2) is 4.96. The average molecular weight is 256 g/mol. The molecule has 1 aromatic carbocycles. The van der Waals surface area contributed by atoms with Crippen molar-refractivity contribution >= 4 is 22.6 Å². The SMILES string of the molecule is COC(=O)c1cnc2c(C)c(C)ccc2c1N=[N+]=[N-]. The summed E-state index contributed by atoms with van der Waals surface area (Å²) in [5.74, 6) is -0.574. The second-order valence-corrected chi connectivity index (χ2v) is 4.11. The maximum absolute atomic E-state index is 11.7. The largest absolute Gasteiger partial charge is 0.465 e. The van der Waals surface area contributed by atoms with E-state index in [2.05, 4.69) is 19.7 Å². The third-order valence-corrected chi connectivity index (χ3v) is 3.08. The minimum absolute atomic E-state index is 0.163. The molecular formula is C13H12N4O2. The lowest BCUT2D eigenvalue weighted by Gasteiger charge is -2.09. The number of azide groups is 1. The Bertz CT molecular complexity index is 718. The van der Waals surface area contributed by atoms with Crippen molar-refractivity contribution in [3.05, 3.63) is 45.5 Å². The number of esters is 1. The Morgan fingerprint density at radius 1 is 1.42 bits per heavy atom. The number of rotatable bonds is 2. The van der Waals surface area contributed by atoms with Crippen LogP contribution in [0.3, 0.4) is 0 Å². The van der Waals surface area contributed by atoms with Crippen molar-refractivity contribution in [1.29, 1.82) is 0 Å². The molecule has 0 saturated carbocycles. The average Bonchev–Trinajstić information content (AvgIpc) is 2.42. The first kappa shape index (κ1) is 12.9. The van der Waals surface area contributed by atoms with Crippen LogP contribution in [0.4, 0.5) is 5.69 Å². The van der Waals surface area contributed by atoms with Crippen LogP contribution in [0.1, 0.15) is 21.5 Å². The third-order valence-electron chi connectivity index (χ3n) is 3.08. The number of ether oxygens (including phenoxy) is 1. The molecule has 0 fully saturated rings. The molecule has 0 bridgehead atoms. The van der Waals surface area contributed by atoms with Crippen molar-refractivity contribution in [1.82, 2.24) is 4.98 Å². The van der Waals surface area contributed by atoms with Gasteiger partial charge in [-0.05, 0) is 30.5 Å². The van der Waals surface area contributed by atoms with Crippen LogP contribution < -0.4 is 0 Å². The van der Waals surface area contributed by atoms with E-state index in [4.69, 9.17) is 5.53 Å². The van der Waals surface area contributed by atoms with Crippen LogP contribution in [-0.4, -0.2) is 18.1 Å². The molecule has 0 atom stereocenters. The number of benzene rings is 1. The summed E-state index contributed by atoms with van der Waals surface area (Å²) < 4.78 is 4.66.